The molecule has 0 spiro atoms. The molecule has 7 nitrogen and oxygen atoms in total. The molecule has 2 heterocycles. The molecule has 0 aliphatic carbocycles. The molecule has 1 aliphatic rings. The number of alkyl halides is 2. The van der Waals surface area contributed by atoms with Gasteiger partial charge in [0.1, 0.15) is 0 Å². The second-order valence-electron chi connectivity index (χ2n) is 7.34. The molecule has 3 aromatic rings. The van der Waals surface area contributed by atoms with E-state index in [4.69, 9.17) is 9.15 Å². The molecule has 0 unspecified atom stereocenters. The largest absolute Gasteiger partial charge is 0.504 e. The Morgan fingerprint density at radius 2 is 1.77 bits per heavy atom. The van der Waals surface area contributed by atoms with Crippen molar-refractivity contribution in [3.63, 3.8) is 0 Å². The number of hydrogen-bond acceptors (Lipinski definition) is 5. The lowest BCUT2D eigenvalue weighted by atomic mass is 10.0. The summed E-state index contributed by atoms with van der Waals surface area (Å²) < 4.78 is 36.9. The molecule has 0 saturated carbocycles. The van der Waals surface area contributed by atoms with E-state index >= 15 is 0 Å². The van der Waals surface area contributed by atoms with E-state index in [1.165, 1.54) is 24.1 Å². The Balaban J connectivity index is 1.54. The van der Waals surface area contributed by atoms with Gasteiger partial charge < -0.3 is 24.5 Å². The van der Waals surface area contributed by atoms with Gasteiger partial charge in [-0.15, -0.1) is 0 Å². The minimum atomic E-state index is -2.71. The summed E-state index contributed by atoms with van der Waals surface area (Å²) >= 11 is 0. The number of rotatable bonds is 3. The maximum atomic E-state index is 13.3. The van der Waals surface area contributed by atoms with Crippen LogP contribution in [0.4, 0.5) is 13.6 Å². The number of nitrogens with one attached hydrogen (secondary N) is 1. The predicted octanol–water partition coefficient (Wildman–Crippen LogP) is 4.39. The van der Waals surface area contributed by atoms with Crippen LogP contribution in [0.25, 0.3) is 22.1 Å². The fraction of sp³-hybridized carbons (Fsp3) is 0.273. The minimum absolute atomic E-state index is 0.0269. The lowest BCUT2D eigenvalue weighted by molar-refractivity contribution is -0.0494. The standard InChI is InChI=1S/C22H20F2N2O5/c1-25-21(29)31-18-12-16-10-15(11-17(27)19(16)30-18)13-2-4-14(5-3-13)20(28)26-8-6-22(23,24)7-9-26/h2-5,10-12,27H,6-9H2,1H3,(H,25,29). The molecule has 162 valence electrons. The van der Waals surface area contributed by atoms with E-state index in [1.54, 1.807) is 30.3 Å². The van der Waals surface area contributed by atoms with E-state index in [0.717, 1.165) is 5.56 Å². The maximum absolute atomic E-state index is 13.3. The van der Waals surface area contributed by atoms with Gasteiger partial charge in [0.05, 0.1) is 0 Å². The van der Waals surface area contributed by atoms with Crippen LogP contribution in [0.15, 0.2) is 46.9 Å². The second kappa shape index (κ2) is 7.90. The van der Waals surface area contributed by atoms with Crippen LogP contribution in [0, 0.1) is 0 Å². The number of ether oxygens (including phenoxy) is 1. The molecule has 1 fully saturated rings. The molecular weight excluding hydrogens is 410 g/mol. The van der Waals surface area contributed by atoms with Crippen LogP contribution in [0.5, 0.6) is 11.7 Å². The van der Waals surface area contributed by atoms with Gasteiger partial charge in [0.15, 0.2) is 11.3 Å². The van der Waals surface area contributed by atoms with Gasteiger partial charge in [0, 0.05) is 50.0 Å². The topological polar surface area (TPSA) is 92.0 Å². The number of piperidine rings is 1. The van der Waals surface area contributed by atoms with Gasteiger partial charge in [-0.3, -0.25) is 4.79 Å². The molecule has 2 amide bonds. The summed E-state index contributed by atoms with van der Waals surface area (Å²) in [5, 5.41) is 13.1. The summed E-state index contributed by atoms with van der Waals surface area (Å²) in [5.41, 5.74) is 1.97. The summed E-state index contributed by atoms with van der Waals surface area (Å²) in [4.78, 5) is 25.4. The third kappa shape index (κ3) is 4.30. The molecule has 31 heavy (non-hydrogen) atoms. The third-order valence-corrected chi connectivity index (χ3v) is 5.22. The first kappa shape index (κ1) is 20.6. The zero-order valence-corrected chi connectivity index (χ0v) is 16.7. The molecule has 1 saturated heterocycles. The number of benzene rings is 2. The van der Waals surface area contributed by atoms with Gasteiger partial charge in [-0.2, -0.15) is 0 Å². The Kier molecular flexibility index (Phi) is 5.26. The van der Waals surface area contributed by atoms with Gasteiger partial charge in [-0.25, -0.2) is 13.6 Å². The van der Waals surface area contributed by atoms with Crippen LogP contribution in [0.2, 0.25) is 0 Å². The monoisotopic (exact) mass is 430 g/mol. The Morgan fingerprint density at radius 3 is 2.42 bits per heavy atom. The maximum Gasteiger partial charge on any atom is 0.414 e. The number of carbonyl (C=O) groups is 2. The van der Waals surface area contributed by atoms with Gasteiger partial charge in [-0.05, 0) is 35.4 Å². The molecule has 4 rings (SSSR count). The van der Waals surface area contributed by atoms with E-state index in [1.807, 2.05) is 0 Å². The van der Waals surface area contributed by atoms with E-state index in [2.05, 4.69) is 5.32 Å². The number of amides is 2. The molecule has 0 atom stereocenters. The van der Waals surface area contributed by atoms with Gasteiger partial charge in [-0.1, -0.05) is 12.1 Å². The number of nitrogens with zero attached hydrogens (tertiary/aromatic N) is 1. The minimum Gasteiger partial charge on any atom is -0.504 e. The van der Waals surface area contributed by atoms with Crippen LogP contribution >= 0.6 is 0 Å². The van der Waals surface area contributed by atoms with Crippen molar-refractivity contribution in [1.29, 1.82) is 0 Å². The van der Waals surface area contributed by atoms with Crippen molar-refractivity contribution in [2.75, 3.05) is 20.1 Å². The number of furan rings is 1. The number of fused-ring (bicyclic) bond motifs is 1. The molecule has 1 aromatic heterocycles. The summed E-state index contributed by atoms with van der Waals surface area (Å²) in [6.45, 7) is 0.0537. The molecule has 0 radical (unpaired) electrons. The highest BCUT2D eigenvalue weighted by atomic mass is 19.3. The molecule has 9 heteroatoms. The predicted molar refractivity (Wildman–Crippen MR) is 108 cm³/mol. The zero-order chi connectivity index (χ0) is 22.2. The quantitative estimate of drug-likeness (QED) is 0.643. The number of halogens is 2. The average molecular weight is 430 g/mol. The highest BCUT2D eigenvalue weighted by Crippen LogP contribution is 2.36. The Bertz CT molecular complexity index is 1130. The van der Waals surface area contributed by atoms with Crippen molar-refractivity contribution >= 4 is 23.0 Å². The van der Waals surface area contributed by atoms with Crippen molar-refractivity contribution in [3.8, 4) is 22.8 Å². The Morgan fingerprint density at radius 1 is 1.10 bits per heavy atom. The van der Waals surface area contributed by atoms with Gasteiger partial charge in [0.2, 0.25) is 0 Å². The van der Waals surface area contributed by atoms with Crippen molar-refractivity contribution in [2.45, 2.75) is 18.8 Å². The second-order valence-corrected chi connectivity index (χ2v) is 7.34. The molecule has 1 aliphatic heterocycles. The molecule has 2 N–H and O–H groups in total. The number of phenols is 1. The van der Waals surface area contributed by atoms with E-state index in [0.29, 0.717) is 16.5 Å². The lowest BCUT2D eigenvalue weighted by Crippen LogP contribution is -2.42. The summed E-state index contributed by atoms with van der Waals surface area (Å²) in [6.07, 6.45) is -1.35. The zero-order valence-electron chi connectivity index (χ0n) is 16.7. The fourth-order valence-corrected chi connectivity index (χ4v) is 3.50. The number of aromatic hydroxyl groups is 1. The molecule has 2 aromatic carbocycles. The first-order valence-corrected chi connectivity index (χ1v) is 9.69. The highest BCUT2D eigenvalue weighted by Gasteiger charge is 2.35. The van der Waals surface area contributed by atoms with Crippen LogP contribution in [-0.2, 0) is 0 Å². The van der Waals surface area contributed by atoms with Crippen LogP contribution in [0.1, 0.15) is 23.2 Å². The van der Waals surface area contributed by atoms with Crippen molar-refractivity contribution in [2.24, 2.45) is 0 Å². The smallest absolute Gasteiger partial charge is 0.414 e. The number of hydrogen-bond donors (Lipinski definition) is 2. The normalized spacial score (nSPS) is 15.6. The summed E-state index contributed by atoms with van der Waals surface area (Å²) in [7, 11) is 1.41. The fourth-order valence-electron chi connectivity index (χ4n) is 3.50. The number of carbonyl (C=O) groups excluding carboxylic acids is 2. The van der Waals surface area contributed by atoms with Crippen molar-refractivity contribution in [1.82, 2.24) is 10.2 Å². The third-order valence-electron chi connectivity index (χ3n) is 5.22. The SMILES string of the molecule is CNC(=O)Oc1cc2cc(-c3ccc(C(=O)N4CCC(F)(F)CC4)cc3)cc(O)c2o1. The van der Waals surface area contributed by atoms with Crippen molar-refractivity contribution in [3.05, 3.63) is 48.0 Å². The first-order chi connectivity index (χ1) is 14.8. The van der Waals surface area contributed by atoms with Crippen molar-refractivity contribution < 1.29 is 32.6 Å². The van der Waals surface area contributed by atoms with E-state index in [-0.39, 0.29) is 49.1 Å². The number of phenolic OH excluding ortho intramolecular Hbond substituents is 1. The Hall–Kier alpha value is -3.62. The summed E-state index contributed by atoms with van der Waals surface area (Å²) in [6, 6.07) is 11.4. The van der Waals surface area contributed by atoms with E-state index < -0.39 is 12.0 Å². The highest BCUT2D eigenvalue weighted by molar-refractivity contribution is 5.95. The number of likely N-dealkylation sites (tertiary alicyclic amines) is 1. The average Bonchev–Trinajstić information content (AvgIpc) is 3.16. The van der Waals surface area contributed by atoms with Gasteiger partial charge in [0.25, 0.3) is 17.8 Å². The van der Waals surface area contributed by atoms with Gasteiger partial charge >= 0.3 is 6.09 Å². The first-order valence-electron chi connectivity index (χ1n) is 9.69. The van der Waals surface area contributed by atoms with Crippen LogP contribution in [-0.4, -0.2) is 48.1 Å². The lowest BCUT2D eigenvalue weighted by Gasteiger charge is -2.31. The summed E-state index contributed by atoms with van der Waals surface area (Å²) in [5.74, 6) is -3.19. The molecular formula is C22H20F2N2O5. The van der Waals surface area contributed by atoms with Crippen LogP contribution in [0.3, 0.4) is 0 Å². The van der Waals surface area contributed by atoms with E-state index in [9.17, 15) is 23.5 Å². The van der Waals surface area contributed by atoms with Crippen LogP contribution < -0.4 is 10.1 Å². The Labute approximate surface area is 176 Å². The molecule has 0 bridgehead atoms.